The standard InChI is InChI=1S/C11H14N2O3S/c1-7-8(2)16-11(12-7)17-6-10(15)13-5-3-4-9(13)14/h3-6H2,1-2H3. The SMILES string of the molecule is Cc1nc(SCC(=O)N2CCCC2=O)oc1C. The van der Waals surface area contributed by atoms with Gasteiger partial charge in [-0.15, -0.1) is 0 Å². The predicted octanol–water partition coefficient (Wildman–Crippen LogP) is 1.53. The van der Waals surface area contributed by atoms with Crippen LogP contribution in [0.1, 0.15) is 24.3 Å². The fraction of sp³-hybridized carbons (Fsp3) is 0.545. The van der Waals surface area contributed by atoms with Crippen LogP contribution in [0.5, 0.6) is 0 Å². The molecule has 1 aliphatic heterocycles. The van der Waals surface area contributed by atoms with Gasteiger partial charge >= 0.3 is 0 Å². The van der Waals surface area contributed by atoms with Crippen molar-refractivity contribution in [2.45, 2.75) is 31.9 Å². The first-order chi connectivity index (χ1) is 8.08. The number of aromatic nitrogens is 1. The lowest BCUT2D eigenvalue weighted by Gasteiger charge is -2.11. The van der Waals surface area contributed by atoms with Gasteiger partial charge in [0, 0.05) is 13.0 Å². The molecule has 0 aromatic carbocycles. The first-order valence-corrected chi connectivity index (χ1v) is 6.46. The summed E-state index contributed by atoms with van der Waals surface area (Å²) >= 11 is 1.23. The van der Waals surface area contributed by atoms with Crippen LogP contribution in [-0.4, -0.2) is 34.0 Å². The Morgan fingerprint density at radius 1 is 1.53 bits per heavy atom. The van der Waals surface area contributed by atoms with Crippen molar-refractivity contribution in [3.63, 3.8) is 0 Å². The van der Waals surface area contributed by atoms with Crippen LogP contribution in [0.2, 0.25) is 0 Å². The largest absolute Gasteiger partial charge is 0.437 e. The van der Waals surface area contributed by atoms with Crippen LogP contribution in [0, 0.1) is 13.8 Å². The molecule has 5 nitrogen and oxygen atoms in total. The third kappa shape index (κ3) is 2.69. The van der Waals surface area contributed by atoms with Crippen LogP contribution in [0.15, 0.2) is 9.64 Å². The van der Waals surface area contributed by atoms with E-state index in [1.807, 2.05) is 13.8 Å². The van der Waals surface area contributed by atoms with E-state index in [0.717, 1.165) is 17.9 Å². The Balaban J connectivity index is 1.89. The second-order valence-electron chi connectivity index (χ2n) is 3.95. The van der Waals surface area contributed by atoms with E-state index in [1.54, 1.807) is 0 Å². The molecule has 1 aromatic heterocycles. The minimum atomic E-state index is -0.161. The van der Waals surface area contributed by atoms with Gasteiger partial charge in [-0.3, -0.25) is 14.5 Å². The molecule has 0 spiro atoms. The molecule has 0 atom stereocenters. The highest BCUT2D eigenvalue weighted by Gasteiger charge is 2.26. The van der Waals surface area contributed by atoms with Gasteiger partial charge in [0.05, 0.1) is 11.4 Å². The highest BCUT2D eigenvalue weighted by atomic mass is 32.2. The molecule has 1 aromatic rings. The van der Waals surface area contributed by atoms with E-state index in [2.05, 4.69) is 4.98 Å². The third-order valence-electron chi connectivity index (χ3n) is 2.70. The summed E-state index contributed by atoms with van der Waals surface area (Å²) in [5.74, 6) is 0.726. The zero-order chi connectivity index (χ0) is 12.4. The molecule has 17 heavy (non-hydrogen) atoms. The zero-order valence-corrected chi connectivity index (χ0v) is 10.7. The summed E-state index contributed by atoms with van der Waals surface area (Å²) in [6.07, 6.45) is 1.25. The van der Waals surface area contributed by atoms with Crippen LogP contribution in [-0.2, 0) is 9.59 Å². The zero-order valence-electron chi connectivity index (χ0n) is 9.86. The smallest absolute Gasteiger partial charge is 0.256 e. The van der Waals surface area contributed by atoms with Gasteiger partial charge in [0.25, 0.3) is 5.22 Å². The number of nitrogens with zero attached hydrogens (tertiary/aromatic N) is 2. The monoisotopic (exact) mass is 254 g/mol. The normalized spacial score (nSPS) is 15.6. The third-order valence-corrected chi connectivity index (χ3v) is 3.52. The maximum Gasteiger partial charge on any atom is 0.256 e. The number of carbonyl (C=O) groups is 2. The molecule has 92 valence electrons. The number of thioether (sulfide) groups is 1. The number of rotatable bonds is 3. The first-order valence-electron chi connectivity index (χ1n) is 5.48. The van der Waals surface area contributed by atoms with Gasteiger partial charge in [-0.1, -0.05) is 11.8 Å². The number of carbonyl (C=O) groups excluding carboxylic acids is 2. The second kappa shape index (κ2) is 4.91. The molecule has 0 aliphatic carbocycles. The summed E-state index contributed by atoms with van der Waals surface area (Å²) in [6.45, 7) is 4.23. The Kier molecular flexibility index (Phi) is 3.51. The maximum atomic E-state index is 11.7. The van der Waals surface area contributed by atoms with Crippen molar-refractivity contribution < 1.29 is 14.0 Å². The van der Waals surface area contributed by atoms with Crippen LogP contribution in [0.4, 0.5) is 0 Å². The van der Waals surface area contributed by atoms with E-state index in [0.29, 0.717) is 18.2 Å². The van der Waals surface area contributed by atoms with E-state index < -0.39 is 0 Å². The Labute approximate surface area is 104 Å². The van der Waals surface area contributed by atoms with Crippen molar-refractivity contribution in [1.29, 1.82) is 0 Å². The molecule has 0 N–H and O–H groups in total. The number of aryl methyl sites for hydroxylation is 2. The summed E-state index contributed by atoms with van der Waals surface area (Å²) < 4.78 is 5.35. The lowest BCUT2D eigenvalue weighted by Crippen LogP contribution is -2.33. The number of amides is 2. The molecule has 2 amide bonds. The van der Waals surface area contributed by atoms with Gasteiger partial charge in [0.2, 0.25) is 11.8 Å². The summed E-state index contributed by atoms with van der Waals surface area (Å²) in [5, 5.41) is 0.486. The summed E-state index contributed by atoms with van der Waals surface area (Å²) in [4.78, 5) is 28.6. The molecular formula is C11H14N2O3S. The molecule has 1 saturated heterocycles. The van der Waals surface area contributed by atoms with E-state index in [9.17, 15) is 9.59 Å². The molecule has 1 aliphatic rings. The Bertz CT molecular complexity index is 436. The highest BCUT2D eigenvalue weighted by Crippen LogP contribution is 2.21. The van der Waals surface area contributed by atoms with Crippen LogP contribution in [0.3, 0.4) is 0 Å². The van der Waals surface area contributed by atoms with Crippen LogP contribution >= 0.6 is 11.8 Å². The van der Waals surface area contributed by atoms with Crippen LogP contribution < -0.4 is 0 Å². The van der Waals surface area contributed by atoms with Gasteiger partial charge < -0.3 is 4.42 Å². The lowest BCUT2D eigenvalue weighted by atomic mass is 10.4. The van der Waals surface area contributed by atoms with Crippen LogP contribution in [0.25, 0.3) is 0 Å². The summed E-state index contributed by atoms with van der Waals surface area (Å²) in [5.41, 5.74) is 0.831. The first kappa shape index (κ1) is 12.2. The van der Waals surface area contributed by atoms with Crippen molar-refractivity contribution in [1.82, 2.24) is 9.88 Å². The molecule has 0 bridgehead atoms. The predicted molar refractivity (Wildman–Crippen MR) is 62.7 cm³/mol. The topological polar surface area (TPSA) is 63.4 Å². The van der Waals surface area contributed by atoms with Gasteiger partial charge in [-0.2, -0.15) is 0 Å². The number of hydrogen-bond donors (Lipinski definition) is 0. The van der Waals surface area contributed by atoms with Crippen molar-refractivity contribution in [3.8, 4) is 0 Å². The van der Waals surface area contributed by atoms with E-state index in [1.165, 1.54) is 16.7 Å². The minimum Gasteiger partial charge on any atom is -0.437 e. The number of oxazole rings is 1. The van der Waals surface area contributed by atoms with Gasteiger partial charge in [-0.05, 0) is 20.3 Å². The highest BCUT2D eigenvalue weighted by molar-refractivity contribution is 7.99. The fourth-order valence-electron chi connectivity index (χ4n) is 1.62. The van der Waals surface area contributed by atoms with Gasteiger partial charge in [-0.25, -0.2) is 4.98 Å². The molecule has 0 unspecified atom stereocenters. The molecule has 6 heteroatoms. The van der Waals surface area contributed by atoms with Gasteiger partial charge in [0.15, 0.2) is 0 Å². The number of hydrogen-bond acceptors (Lipinski definition) is 5. The molecule has 2 heterocycles. The molecule has 1 fully saturated rings. The Morgan fingerprint density at radius 3 is 2.82 bits per heavy atom. The quantitative estimate of drug-likeness (QED) is 0.765. The molecule has 0 saturated carbocycles. The van der Waals surface area contributed by atoms with Crippen molar-refractivity contribution in [2.24, 2.45) is 0 Å². The molecule has 2 rings (SSSR count). The second-order valence-corrected chi connectivity index (χ2v) is 4.88. The molecular weight excluding hydrogens is 240 g/mol. The molecule has 0 radical (unpaired) electrons. The maximum absolute atomic E-state index is 11.7. The van der Waals surface area contributed by atoms with Crippen molar-refractivity contribution in [2.75, 3.05) is 12.3 Å². The number of likely N-dealkylation sites (tertiary alicyclic amines) is 1. The average molecular weight is 254 g/mol. The Morgan fingerprint density at radius 2 is 2.29 bits per heavy atom. The number of imide groups is 1. The van der Waals surface area contributed by atoms with Crippen molar-refractivity contribution >= 4 is 23.6 Å². The van der Waals surface area contributed by atoms with Crippen molar-refractivity contribution in [3.05, 3.63) is 11.5 Å². The average Bonchev–Trinajstić information content (AvgIpc) is 2.83. The summed E-state index contributed by atoms with van der Waals surface area (Å²) in [7, 11) is 0. The summed E-state index contributed by atoms with van der Waals surface area (Å²) in [6, 6.07) is 0. The fourth-order valence-corrected chi connectivity index (χ4v) is 2.41. The minimum absolute atomic E-state index is 0.0737. The van der Waals surface area contributed by atoms with E-state index in [-0.39, 0.29) is 17.6 Å². The van der Waals surface area contributed by atoms with E-state index in [4.69, 9.17) is 4.42 Å². The lowest BCUT2D eigenvalue weighted by molar-refractivity contribution is -0.140. The van der Waals surface area contributed by atoms with E-state index >= 15 is 0 Å². The Hall–Kier alpha value is -1.30. The van der Waals surface area contributed by atoms with Gasteiger partial charge in [0.1, 0.15) is 5.76 Å².